The zero-order chi connectivity index (χ0) is 16.1. The molecular formula is C18H25N3O. The van der Waals surface area contributed by atoms with Crippen molar-refractivity contribution in [3.63, 3.8) is 0 Å². The molecule has 118 valence electrons. The van der Waals surface area contributed by atoms with Gasteiger partial charge in [0.2, 0.25) is 5.91 Å². The summed E-state index contributed by atoms with van der Waals surface area (Å²) in [6.45, 7) is 7.94. The number of hydrogen-bond acceptors (Lipinski definition) is 3. The predicted molar refractivity (Wildman–Crippen MR) is 87.4 cm³/mol. The summed E-state index contributed by atoms with van der Waals surface area (Å²) < 4.78 is 0. The third-order valence-corrected chi connectivity index (χ3v) is 4.24. The van der Waals surface area contributed by atoms with E-state index in [1.807, 2.05) is 13.8 Å². The number of nitrogens with one attached hydrogen (secondary N) is 1. The number of amides is 1. The van der Waals surface area contributed by atoms with Crippen LogP contribution in [-0.4, -0.2) is 36.5 Å². The molecule has 2 unspecified atom stereocenters. The molecule has 2 atom stereocenters. The number of hydrogen-bond donors (Lipinski definition) is 1. The first-order valence-corrected chi connectivity index (χ1v) is 7.96. The molecule has 4 nitrogen and oxygen atoms in total. The molecule has 1 aliphatic heterocycles. The fourth-order valence-electron chi connectivity index (χ4n) is 2.97. The number of benzene rings is 1. The van der Waals surface area contributed by atoms with Gasteiger partial charge in [0, 0.05) is 25.0 Å². The van der Waals surface area contributed by atoms with Gasteiger partial charge in [-0.25, -0.2) is 0 Å². The third kappa shape index (κ3) is 4.32. The Morgan fingerprint density at radius 3 is 2.64 bits per heavy atom. The van der Waals surface area contributed by atoms with Crippen LogP contribution in [0.1, 0.15) is 37.3 Å². The van der Waals surface area contributed by atoms with Crippen LogP contribution in [0.2, 0.25) is 0 Å². The largest absolute Gasteiger partial charge is 0.352 e. The van der Waals surface area contributed by atoms with Crippen molar-refractivity contribution >= 4 is 5.91 Å². The van der Waals surface area contributed by atoms with Crippen molar-refractivity contribution in [2.45, 2.75) is 39.2 Å². The van der Waals surface area contributed by atoms with Gasteiger partial charge in [-0.05, 0) is 24.8 Å². The minimum atomic E-state index is -0.0100. The zero-order valence-corrected chi connectivity index (χ0v) is 13.7. The molecule has 1 amide bonds. The van der Waals surface area contributed by atoms with Gasteiger partial charge in [-0.3, -0.25) is 9.69 Å². The van der Waals surface area contributed by atoms with Crippen LogP contribution in [-0.2, 0) is 4.79 Å². The van der Waals surface area contributed by atoms with Crippen LogP contribution in [0.5, 0.6) is 0 Å². The Bertz CT molecular complexity index is 544. The van der Waals surface area contributed by atoms with Crippen molar-refractivity contribution in [1.29, 1.82) is 5.26 Å². The Morgan fingerprint density at radius 2 is 2.05 bits per heavy atom. The van der Waals surface area contributed by atoms with E-state index in [0.29, 0.717) is 12.5 Å². The van der Waals surface area contributed by atoms with Gasteiger partial charge in [0.1, 0.15) is 0 Å². The predicted octanol–water partition coefficient (Wildman–Crippen LogP) is 2.45. The SMILES string of the molecule is Cc1ccc(C2CC(NC(=O)C(C)C)CN(CC#N)C2)cc1. The van der Waals surface area contributed by atoms with Crippen molar-refractivity contribution in [3.05, 3.63) is 35.4 Å². The molecule has 2 rings (SSSR count). The van der Waals surface area contributed by atoms with Crippen LogP contribution in [0, 0.1) is 24.2 Å². The topological polar surface area (TPSA) is 56.1 Å². The quantitative estimate of drug-likeness (QED) is 0.869. The van der Waals surface area contributed by atoms with E-state index in [1.165, 1.54) is 11.1 Å². The van der Waals surface area contributed by atoms with Crippen molar-refractivity contribution in [3.8, 4) is 6.07 Å². The summed E-state index contributed by atoms with van der Waals surface area (Å²) in [5, 5.41) is 12.1. The number of piperidine rings is 1. The lowest BCUT2D eigenvalue weighted by atomic mass is 9.87. The van der Waals surface area contributed by atoms with E-state index in [1.54, 1.807) is 0 Å². The van der Waals surface area contributed by atoms with Crippen molar-refractivity contribution in [2.75, 3.05) is 19.6 Å². The lowest BCUT2D eigenvalue weighted by molar-refractivity contribution is -0.125. The van der Waals surface area contributed by atoms with Gasteiger partial charge in [0.15, 0.2) is 0 Å². The number of carbonyl (C=O) groups is 1. The Labute approximate surface area is 133 Å². The minimum Gasteiger partial charge on any atom is -0.352 e. The summed E-state index contributed by atoms with van der Waals surface area (Å²) in [7, 11) is 0. The van der Waals surface area contributed by atoms with Crippen LogP contribution >= 0.6 is 0 Å². The molecule has 1 fully saturated rings. The Morgan fingerprint density at radius 1 is 1.36 bits per heavy atom. The highest BCUT2D eigenvalue weighted by Crippen LogP contribution is 2.27. The molecule has 1 aromatic carbocycles. The number of rotatable bonds is 4. The van der Waals surface area contributed by atoms with Crippen molar-refractivity contribution in [1.82, 2.24) is 10.2 Å². The average Bonchev–Trinajstić information content (AvgIpc) is 2.48. The Balaban J connectivity index is 2.11. The molecule has 0 aromatic heterocycles. The summed E-state index contributed by atoms with van der Waals surface area (Å²) in [4.78, 5) is 14.1. The van der Waals surface area contributed by atoms with Gasteiger partial charge in [-0.15, -0.1) is 0 Å². The first kappa shape index (κ1) is 16.5. The maximum absolute atomic E-state index is 12.0. The van der Waals surface area contributed by atoms with E-state index < -0.39 is 0 Å². The van der Waals surface area contributed by atoms with Crippen molar-refractivity contribution < 1.29 is 4.79 Å². The molecule has 1 aliphatic rings. The van der Waals surface area contributed by atoms with Gasteiger partial charge in [0.05, 0.1) is 12.6 Å². The number of aryl methyl sites for hydroxylation is 1. The number of nitrogens with zero attached hydrogens (tertiary/aromatic N) is 2. The Kier molecular flexibility index (Phi) is 5.57. The van der Waals surface area contributed by atoms with E-state index in [2.05, 4.69) is 47.5 Å². The molecular weight excluding hydrogens is 274 g/mol. The molecule has 0 saturated carbocycles. The lowest BCUT2D eigenvalue weighted by Gasteiger charge is -2.37. The van der Waals surface area contributed by atoms with Crippen LogP contribution < -0.4 is 5.32 Å². The maximum atomic E-state index is 12.0. The first-order valence-electron chi connectivity index (χ1n) is 7.96. The smallest absolute Gasteiger partial charge is 0.222 e. The van der Waals surface area contributed by atoms with Gasteiger partial charge >= 0.3 is 0 Å². The Hall–Kier alpha value is -1.86. The summed E-state index contributed by atoms with van der Waals surface area (Å²) in [6, 6.07) is 10.9. The van der Waals surface area contributed by atoms with E-state index >= 15 is 0 Å². The first-order chi connectivity index (χ1) is 10.5. The van der Waals surface area contributed by atoms with E-state index in [4.69, 9.17) is 5.26 Å². The highest BCUT2D eigenvalue weighted by molar-refractivity contribution is 5.78. The minimum absolute atomic E-state index is 0.0100. The summed E-state index contributed by atoms with van der Waals surface area (Å²) in [6.07, 6.45) is 0.934. The second kappa shape index (κ2) is 7.42. The molecule has 22 heavy (non-hydrogen) atoms. The van der Waals surface area contributed by atoms with Crippen LogP contribution in [0.4, 0.5) is 0 Å². The van der Waals surface area contributed by atoms with Crippen molar-refractivity contribution in [2.24, 2.45) is 5.92 Å². The van der Waals surface area contributed by atoms with Gasteiger partial charge in [-0.1, -0.05) is 43.7 Å². The highest BCUT2D eigenvalue weighted by atomic mass is 16.1. The molecule has 0 bridgehead atoms. The number of carbonyl (C=O) groups excluding carboxylic acids is 1. The molecule has 1 saturated heterocycles. The molecule has 0 spiro atoms. The summed E-state index contributed by atoms with van der Waals surface area (Å²) in [5.41, 5.74) is 2.54. The van der Waals surface area contributed by atoms with E-state index in [9.17, 15) is 4.79 Å². The average molecular weight is 299 g/mol. The molecule has 0 aliphatic carbocycles. The van der Waals surface area contributed by atoms with E-state index in [-0.39, 0.29) is 17.9 Å². The van der Waals surface area contributed by atoms with Crippen LogP contribution in [0.3, 0.4) is 0 Å². The molecule has 4 heteroatoms. The zero-order valence-electron chi connectivity index (χ0n) is 13.7. The monoisotopic (exact) mass is 299 g/mol. The second-order valence-electron chi connectivity index (χ2n) is 6.56. The van der Waals surface area contributed by atoms with Crippen LogP contribution in [0.25, 0.3) is 0 Å². The number of likely N-dealkylation sites (tertiary alicyclic amines) is 1. The fraction of sp³-hybridized carbons (Fsp3) is 0.556. The maximum Gasteiger partial charge on any atom is 0.222 e. The van der Waals surface area contributed by atoms with Gasteiger partial charge in [0.25, 0.3) is 0 Å². The normalized spacial score (nSPS) is 22.3. The third-order valence-electron chi connectivity index (χ3n) is 4.24. The van der Waals surface area contributed by atoms with Crippen LogP contribution in [0.15, 0.2) is 24.3 Å². The van der Waals surface area contributed by atoms with Gasteiger partial charge < -0.3 is 5.32 Å². The molecule has 0 radical (unpaired) electrons. The highest BCUT2D eigenvalue weighted by Gasteiger charge is 2.29. The standard InChI is InChI=1S/C18H25N3O/c1-13(2)18(22)20-17-10-16(11-21(12-17)9-8-19)15-6-4-14(3)5-7-15/h4-7,13,16-17H,9-12H2,1-3H3,(H,20,22). The van der Waals surface area contributed by atoms with E-state index in [0.717, 1.165) is 19.5 Å². The number of nitriles is 1. The van der Waals surface area contributed by atoms with Gasteiger partial charge in [-0.2, -0.15) is 5.26 Å². The summed E-state index contributed by atoms with van der Waals surface area (Å²) >= 11 is 0. The molecule has 1 N–H and O–H groups in total. The fourth-order valence-corrected chi connectivity index (χ4v) is 2.97. The molecule has 1 heterocycles. The second-order valence-corrected chi connectivity index (χ2v) is 6.56. The lowest BCUT2D eigenvalue weighted by Crippen LogP contribution is -2.51. The summed E-state index contributed by atoms with van der Waals surface area (Å²) in [5.74, 6) is 0.441. The molecule has 1 aromatic rings.